The van der Waals surface area contributed by atoms with E-state index in [1.807, 2.05) is 4.90 Å². The Balaban J connectivity index is 1.64. The van der Waals surface area contributed by atoms with Crippen LogP contribution in [0.3, 0.4) is 0 Å². The van der Waals surface area contributed by atoms with Gasteiger partial charge in [0.1, 0.15) is 0 Å². The van der Waals surface area contributed by atoms with Crippen LogP contribution in [-0.2, 0) is 4.79 Å². The third-order valence-corrected chi connectivity index (χ3v) is 7.49. The van der Waals surface area contributed by atoms with Crippen LogP contribution in [0.25, 0.3) is 6.08 Å². The predicted octanol–water partition coefficient (Wildman–Crippen LogP) is 6.72. The Labute approximate surface area is 191 Å². The molecule has 1 atom stereocenters. The number of thioether (sulfide) groups is 1. The van der Waals surface area contributed by atoms with Gasteiger partial charge in [0.15, 0.2) is 5.17 Å². The summed E-state index contributed by atoms with van der Waals surface area (Å²) in [6.45, 7) is 0. The third-order valence-electron chi connectivity index (χ3n) is 5.49. The lowest BCUT2D eigenvalue weighted by Gasteiger charge is -2.37. The van der Waals surface area contributed by atoms with Crippen molar-refractivity contribution in [1.82, 2.24) is 4.90 Å². The lowest BCUT2D eigenvalue weighted by atomic mass is 9.83. The van der Waals surface area contributed by atoms with Crippen molar-refractivity contribution >= 4 is 60.8 Å². The SMILES string of the molecule is O=C1CSC2=NC3=C(CCC/C3=C\c3ccc(Br)cc3)C(c3ccc(Br)cc3)N12. The van der Waals surface area contributed by atoms with Gasteiger partial charge < -0.3 is 0 Å². The summed E-state index contributed by atoms with van der Waals surface area (Å²) in [5.74, 6) is 0.621. The molecule has 0 N–H and O–H groups in total. The zero-order valence-electron chi connectivity index (χ0n) is 15.6. The van der Waals surface area contributed by atoms with E-state index in [4.69, 9.17) is 4.99 Å². The lowest BCUT2D eigenvalue weighted by molar-refractivity contribution is -0.125. The van der Waals surface area contributed by atoms with Crippen molar-refractivity contribution in [2.24, 2.45) is 4.99 Å². The molecule has 1 aliphatic carbocycles. The summed E-state index contributed by atoms with van der Waals surface area (Å²) in [6, 6.07) is 16.6. The molecule has 1 unspecified atom stereocenters. The summed E-state index contributed by atoms with van der Waals surface area (Å²) in [7, 11) is 0. The second-order valence-electron chi connectivity index (χ2n) is 7.35. The number of carbonyl (C=O) groups is 1. The largest absolute Gasteiger partial charge is 0.279 e. The van der Waals surface area contributed by atoms with Crippen molar-refractivity contribution in [3.63, 3.8) is 0 Å². The van der Waals surface area contributed by atoms with Gasteiger partial charge in [-0.3, -0.25) is 9.69 Å². The molecule has 0 bridgehead atoms. The molecular weight excluding hydrogens is 512 g/mol. The predicted molar refractivity (Wildman–Crippen MR) is 127 cm³/mol. The first-order valence-corrected chi connectivity index (χ1v) is 12.2. The van der Waals surface area contributed by atoms with E-state index in [9.17, 15) is 4.79 Å². The first-order chi connectivity index (χ1) is 14.1. The highest BCUT2D eigenvalue weighted by Gasteiger charge is 2.42. The van der Waals surface area contributed by atoms with E-state index in [1.165, 1.54) is 16.7 Å². The van der Waals surface area contributed by atoms with Gasteiger partial charge >= 0.3 is 0 Å². The maximum atomic E-state index is 12.7. The van der Waals surface area contributed by atoms with Crippen LogP contribution in [-0.4, -0.2) is 21.7 Å². The number of allylic oxidation sites excluding steroid dienone is 1. The highest BCUT2D eigenvalue weighted by Crippen LogP contribution is 2.47. The molecule has 3 nitrogen and oxygen atoms in total. The number of carbonyl (C=O) groups excluding carboxylic acids is 1. The van der Waals surface area contributed by atoms with E-state index < -0.39 is 0 Å². The number of hydrogen-bond donors (Lipinski definition) is 0. The second-order valence-corrected chi connectivity index (χ2v) is 10.1. The molecule has 29 heavy (non-hydrogen) atoms. The van der Waals surface area contributed by atoms with Crippen LogP contribution in [0.4, 0.5) is 0 Å². The van der Waals surface area contributed by atoms with Gasteiger partial charge in [0.05, 0.1) is 17.5 Å². The van der Waals surface area contributed by atoms with Crippen molar-refractivity contribution in [2.45, 2.75) is 25.3 Å². The van der Waals surface area contributed by atoms with E-state index >= 15 is 0 Å². The fourth-order valence-electron chi connectivity index (χ4n) is 4.18. The van der Waals surface area contributed by atoms with Gasteiger partial charge in [-0.05, 0) is 71.9 Å². The van der Waals surface area contributed by atoms with Gasteiger partial charge in [0, 0.05) is 8.95 Å². The van der Waals surface area contributed by atoms with Crippen molar-refractivity contribution in [3.05, 3.63) is 85.4 Å². The Morgan fingerprint density at radius 1 is 1.00 bits per heavy atom. The molecule has 0 saturated carbocycles. The smallest absolute Gasteiger partial charge is 0.239 e. The Kier molecular flexibility index (Phi) is 5.26. The molecule has 3 aliphatic rings. The molecule has 2 heterocycles. The van der Waals surface area contributed by atoms with Crippen LogP contribution in [0.15, 0.2) is 79.3 Å². The van der Waals surface area contributed by atoms with Gasteiger partial charge in [-0.1, -0.05) is 67.9 Å². The molecule has 0 spiro atoms. The maximum absolute atomic E-state index is 12.7. The third kappa shape index (κ3) is 3.66. The highest BCUT2D eigenvalue weighted by atomic mass is 79.9. The lowest BCUT2D eigenvalue weighted by Crippen LogP contribution is -2.38. The number of amides is 1. The number of benzene rings is 2. The molecule has 1 fully saturated rings. The van der Waals surface area contributed by atoms with Gasteiger partial charge in [-0.25, -0.2) is 4.99 Å². The Hall–Kier alpha value is -1.63. The topological polar surface area (TPSA) is 32.7 Å². The van der Waals surface area contributed by atoms with E-state index in [0.29, 0.717) is 5.75 Å². The first kappa shape index (κ1) is 19.3. The van der Waals surface area contributed by atoms with Crippen LogP contribution in [0.2, 0.25) is 0 Å². The first-order valence-electron chi connectivity index (χ1n) is 9.59. The van der Waals surface area contributed by atoms with Crippen molar-refractivity contribution in [3.8, 4) is 0 Å². The van der Waals surface area contributed by atoms with Crippen molar-refractivity contribution < 1.29 is 4.79 Å². The molecule has 0 radical (unpaired) electrons. The van der Waals surface area contributed by atoms with E-state index in [0.717, 1.165) is 44.6 Å². The van der Waals surface area contributed by atoms with Crippen LogP contribution in [0.1, 0.15) is 36.4 Å². The zero-order chi connectivity index (χ0) is 20.0. The fourth-order valence-corrected chi connectivity index (χ4v) is 5.60. The highest BCUT2D eigenvalue weighted by molar-refractivity contribution is 9.10. The van der Waals surface area contributed by atoms with Crippen LogP contribution in [0, 0.1) is 0 Å². The molecule has 2 aromatic carbocycles. The summed E-state index contributed by atoms with van der Waals surface area (Å²) in [5, 5.41) is 0.838. The minimum absolute atomic E-state index is 0.0540. The van der Waals surface area contributed by atoms with Crippen LogP contribution < -0.4 is 0 Å². The summed E-state index contributed by atoms with van der Waals surface area (Å²) >= 11 is 8.58. The summed E-state index contributed by atoms with van der Waals surface area (Å²) in [6.07, 6.45) is 5.31. The molecule has 1 amide bonds. The number of amidine groups is 1. The standard InChI is InChI=1S/C23H18Br2N2OS/c24-17-8-4-14(5-9-17)12-16-2-1-3-19-21(16)26-23-27(20(28)13-29-23)22(19)15-6-10-18(25)11-7-15/h4-12,22H,1-3,13H2/b16-12+. The molecule has 1 saturated heterocycles. The monoisotopic (exact) mass is 528 g/mol. The van der Waals surface area contributed by atoms with Gasteiger partial charge in [-0.2, -0.15) is 0 Å². The van der Waals surface area contributed by atoms with Crippen molar-refractivity contribution in [1.29, 1.82) is 0 Å². The average molecular weight is 530 g/mol. The Bertz CT molecular complexity index is 1070. The normalized spacial score (nSPS) is 22.6. The summed E-state index contributed by atoms with van der Waals surface area (Å²) in [4.78, 5) is 19.6. The number of aliphatic imine (C=N–C) groups is 1. The average Bonchev–Trinajstić information content (AvgIpc) is 3.10. The zero-order valence-corrected chi connectivity index (χ0v) is 19.6. The minimum atomic E-state index is -0.0540. The fraction of sp³-hybridized carbons (Fsp3) is 0.217. The maximum Gasteiger partial charge on any atom is 0.239 e. The summed E-state index contributed by atoms with van der Waals surface area (Å²) in [5.41, 5.74) is 5.94. The van der Waals surface area contributed by atoms with Crippen molar-refractivity contribution in [2.75, 3.05) is 5.75 Å². The van der Waals surface area contributed by atoms with Gasteiger partial charge in [0.2, 0.25) is 5.91 Å². The second kappa shape index (κ2) is 7.89. The molecular formula is C23H18Br2N2OS. The minimum Gasteiger partial charge on any atom is -0.279 e. The molecule has 2 aliphatic heterocycles. The van der Waals surface area contributed by atoms with Crippen LogP contribution >= 0.6 is 43.6 Å². The van der Waals surface area contributed by atoms with E-state index in [2.05, 4.69) is 86.5 Å². The number of fused-ring (bicyclic) bond motifs is 1. The number of hydrogen-bond acceptors (Lipinski definition) is 3. The molecule has 5 rings (SSSR count). The Morgan fingerprint density at radius 2 is 1.69 bits per heavy atom. The van der Waals surface area contributed by atoms with Crippen LogP contribution in [0.5, 0.6) is 0 Å². The van der Waals surface area contributed by atoms with Gasteiger partial charge in [0.25, 0.3) is 0 Å². The van der Waals surface area contributed by atoms with E-state index in [-0.39, 0.29) is 11.9 Å². The van der Waals surface area contributed by atoms with E-state index in [1.54, 1.807) is 11.8 Å². The van der Waals surface area contributed by atoms with Gasteiger partial charge in [-0.15, -0.1) is 0 Å². The number of nitrogens with zero attached hydrogens (tertiary/aromatic N) is 2. The quantitative estimate of drug-likeness (QED) is 0.432. The number of rotatable bonds is 2. The molecule has 146 valence electrons. The summed E-state index contributed by atoms with van der Waals surface area (Å²) < 4.78 is 2.12. The molecule has 6 heteroatoms. The molecule has 0 aromatic heterocycles. The Morgan fingerprint density at radius 3 is 2.41 bits per heavy atom. The molecule has 2 aromatic rings. The number of halogens is 2.